The van der Waals surface area contributed by atoms with Gasteiger partial charge in [-0.25, -0.2) is 0 Å². The van der Waals surface area contributed by atoms with E-state index in [1.807, 2.05) is 0 Å². The average molecular weight is 310 g/mol. The predicted molar refractivity (Wildman–Crippen MR) is 74.4 cm³/mol. The summed E-state index contributed by atoms with van der Waals surface area (Å²) in [5.41, 5.74) is 0.767. The standard InChI is InChI=1S/C15H23NO4.Na/c1-11(2)16-9-13(17)10-20-14-6-3-12(4-7-14)5-8-15(18)19;/h3-4,6-7,11,13,16-17H,5,8-10H2,1-2H3,(H,18,19);/q;+1/p-1/i1D3,2D3,11D;. The van der Waals surface area contributed by atoms with E-state index in [9.17, 15) is 15.0 Å². The summed E-state index contributed by atoms with van der Waals surface area (Å²) >= 11 is 0. The van der Waals surface area contributed by atoms with Crippen LogP contribution in [0.1, 0.15) is 35.3 Å². The minimum absolute atomic E-state index is 0. The molecule has 0 fully saturated rings. The van der Waals surface area contributed by atoms with E-state index < -0.39 is 38.3 Å². The van der Waals surface area contributed by atoms with E-state index in [1.54, 1.807) is 24.3 Å². The summed E-state index contributed by atoms with van der Waals surface area (Å²) in [4.78, 5) is 10.4. The fourth-order valence-corrected chi connectivity index (χ4v) is 1.47. The van der Waals surface area contributed by atoms with Gasteiger partial charge in [0, 0.05) is 28.1 Å². The fraction of sp³-hybridized carbons (Fsp3) is 0.533. The summed E-state index contributed by atoms with van der Waals surface area (Å²) in [6, 6.07) is 3.54. The van der Waals surface area contributed by atoms with Gasteiger partial charge in [-0.05, 0) is 30.5 Å². The van der Waals surface area contributed by atoms with Gasteiger partial charge in [0.25, 0.3) is 0 Å². The van der Waals surface area contributed by atoms with Crippen LogP contribution in [-0.4, -0.2) is 36.3 Å². The SMILES string of the molecule is [2H]C([2H])([2H])C([2H])(NCC(O)COc1ccc(CCC(=O)[O-])cc1)C([2H])([2H])[2H].[Na+]. The number of carbonyl (C=O) groups is 1. The number of hydrogen-bond donors (Lipinski definition) is 2. The number of hydrogen-bond acceptors (Lipinski definition) is 5. The van der Waals surface area contributed by atoms with Crippen molar-refractivity contribution in [3.05, 3.63) is 29.8 Å². The van der Waals surface area contributed by atoms with Crippen LogP contribution in [0.2, 0.25) is 0 Å². The quantitative estimate of drug-likeness (QED) is 0.479. The Hall–Kier alpha value is -0.590. The summed E-state index contributed by atoms with van der Waals surface area (Å²) < 4.78 is 56.7. The number of nitrogens with one attached hydrogen (secondary N) is 1. The molecule has 0 saturated carbocycles. The van der Waals surface area contributed by atoms with E-state index in [1.165, 1.54) is 0 Å². The molecule has 0 aliphatic rings. The van der Waals surface area contributed by atoms with E-state index >= 15 is 0 Å². The molecule has 0 amide bonds. The van der Waals surface area contributed by atoms with Crippen molar-refractivity contribution in [2.24, 2.45) is 0 Å². The maximum Gasteiger partial charge on any atom is 1.00 e. The molecule has 0 aliphatic heterocycles. The number of aliphatic hydroxyl groups is 1. The zero-order valence-electron chi connectivity index (χ0n) is 18.9. The van der Waals surface area contributed by atoms with Crippen LogP contribution in [0.25, 0.3) is 0 Å². The second-order valence-electron chi connectivity index (χ2n) is 4.24. The van der Waals surface area contributed by atoms with Crippen molar-refractivity contribution in [2.75, 3.05) is 13.2 Å². The Kier molecular flexibility index (Phi) is 5.80. The van der Waals surface area contributed by atoms with Crippen LogP contribution in [0.4, 0.5) is 0 Å². The van der Waals surface area contributed by atoms with Crippen molar-refractivity contribution in [1.82, 2.24) is 5.32 Å². The maximum absolute atomic E-state index is 10.4. The molecule has 0 bridgehead atoms. The van der Waals surface area contributed by atoms with Crippen molar-refractivity contribution in [1.29, 1.82) is 0 Å². The van der Waals surface area contributed by atoms with Gasteiger partial charge >= 0.3 is 29.6 Å². The van der Waals surface area contributed by atoms with Gasteiger partial charge < -0.3 is 25.1 Å². The molecule has 1 unspecified atom stereocenters. The molecule has 112 valence electrons. The number of benzene rings is 1. The molecule has 0 heterocycles. The van der Waals surface area contributed by atoms with E-state index in [2.05, 4.69) is 5.32 Å². The van der Waals surface area contributed by atoms with Crippen LogP contribution in [0.15, 0.2) is 24.3 Å². The average Bonchev–Trinajstić information content (AvgIpc) is 2.54. The molecule has 21 heavy (non-hydrogen) atoms. The summed E-state index contributed by atoms with van der Waals surface area (Å²) in [5.74, 6) is -0.763. The molecule has 0 spiro atoms. The Balaban J connectivity index is 0.00000729. The minimum atomic E-state index is -3.12. The molecule has 1 aromatic rings. The number of aliphatic hydroxyl groups excluding tert-OH is 1. The van der Waals surface area contributed by atoms with E-state index in [-0.39, 0.29) is 42.6 Å². The van der Waals surface area contributed by atoms with Gasteiger partial charge in [-0.1, -0.05) is 25.8 Å². The van der Waals surface area contributed by atoms with Crippen LogP contribution in [0.5, 0.6) is 5.75 Å². The Morgan fingerprint density at radius 1 is 1.48 bits per heavy atom. The summed E-state index contributed by atoms with van der Waals surface area (Å²) in [6.07, 6.45) is -1.05. The van der Waals surface area contributed by atoms with E-state index in [0.717, 1.165) is 5.56 Å². The Morgan fingerprint density at radius 2 is 2.14 bits per heavy atom. The second-order valence-corrected chi connectivity index (χ2v) is 4.24. The van der Waals surface area contributed by atoms with Gasteiger partial charge in [0.05, 0.1) is 0 Å². The summed E-state index contributed by atoms with van der Waals surface area (Å²) in [5, 5.41) is 22.4. The van der Waals surface area contributed by atoms with Crippen molar-refractivity contribution in [3.8, 4) is 5.75 Å². The Labute approximate surface area is 157 Å². The van der Waals surface area contributed by atoms with Gasteiger partial charge in [0.2, 0.25) is 0 Å². The molecule has 1 rings (SSSR count). The van der Waals surface area contributed by atoms with Gasteiger partial charge in [-0.3, -0.25) is 0 Å². The Morgan fingerprint density at radius 3 is 2.71 bits per heavy atom. The first-order valence-corrected chi connectivity index (χ1v) is 6.11. The summed E-state index contributed by atoms with van der Waals surface area (Å²) in [6.45, 7) is -6.98. The molecular formula is C15H22NNaO4. The van der Waals surface area contributed by atoms with Crippen molar-refractivity contribution < 1.29 is 58.9 Å². The van der Waals surface area contributed by atoms with Gasteiger partial charge in [0.15, 0.2) is 0 Å². The third kappa shape index (κ3) is 9.87. The zero-order chi connectivity index (χ0) is 20.9. The van der Waals surface area contributed by atoms with E-state index in [0.29, 0.717) is 12.2 Å². The molecule has 0 aliphatic carbocycles. The van der Waals surface area contributed by atoms with Crippen molar-refractivity contribution in [3.63, 3.8) is 0 Å². The fourth-order valence-electron chi connectivity index (χ4n) is 1.47. The number of carboxylic acid groups (broad SMARTS) is 1. The Bertz CT molecular complexity index is 608. The number of rotatable bonds is 9. The molecule has 1 aromatic carbocycles. The van der Waals surface area contributed by atoms with Gasteiger partial charge in [-0.15, -0.1) is 0 Å². The van der Waals surface area contributed by atoms with Crippen molar-refractivity contribution in [2.45, 2.75) is 38.7 Å². The van der Waals surface area contributed by atoms with Gasteiger partial charge in [-0.2, -0.15) is 0 Å². The third-order valence-electron chi connectivity index (χ3n) is 2.50. The first-order valence-electron chi connectivity index (χ1n) is 9.61. The van der Waals surface area contributed by atoms with Crippen LogP contribution >= 0.6 is 0 Å². The van der Waals surface area contributed by atoms with Crippen molar-refractivity contribution >= 4 is 5.97 Å². The molecular weight excluding hydrogens is 281 g/mol. The predicted octanol–water partition coefficient (Wildman–Crippen LogP) is -2.89. The molecule has 0 radical (unpaired) electrons. The zero-order valence-corrected chi connectivity index (χ0v) is 13.9. The van der Waals surface area contributed by atoms with Crippen LogP contribution in [0, 0.1) is 0 Å². The summed E-state index contributed by atoms with van der Waals surface area (Å²) in [7, 11) is 0. The molecule has 0 saturated heterocycles. The van der Waals surface area contributed by atoms with Gasteiger partial charge in [0.1, 0.15) is 18.5 Å². The minimum Gasteiger partial charge on any atom is -0.550 e. The monoisotopic (exact) mass is 310 g/mol. The topological polar surface area (TPSA) is 81.6 Å². The van der Waals surface area contributed by atoms with E-state index in [4.69, 9.17) is 14.3 Å². The molecule has 0 aromatic heterocycles. The maximum atomic E-state index is 10.4. The molecule has 1 atom stereocenters. The first kappa shape index (κ1) is 11.0. The smallest absolute Gasteiger partial charge is 0.550 e. The normalized spacial score (nSPS) is 18.4. The largest absolute Gasteiger partial charge is 1.00 e. The molecule has 2 N–H and O–H groups in total. The second kappa shape index (κ2) is 11.0. The number of aryl methyl sites for hydroxylation is 1. The number of carboxylic acids is 1. The van der Waals surface area contributed by atoms with Crippen LogP contribution < -0.4 is 44.7 Å². The first-order chi connectivity index (χ1) is 12.3. The number of aliphatic carboxylic acids is 1. The van der Waals surface area contributed by atoms with Crippen LogP contribution in [-0.2, 0) is 11.2 Å². The number of carbonyl (C=O) groups excluding carboxylic acids is 1. The number of ether oxygens (including phenoxy) is 1. The molecule has 6 heteroatoms. The third-order valence-corrected chi connectivity index (χ3v) is 2.50. The molecule has 5 nitrogen and oxygen atoms in total. The van der Waals surface area contributed by atoms with Crippen LogP contribution in [0.3, 0.4) is 0 Å².